The second kappa shape index (κ2) is 5.92. The highest BCUT2D eigenvalue weighted by Gasteiger charge is 2.30. The van der Waals surface area contributed by atoms with Gasteiger partial charge in [0.25, 0.3) is 0 Å². The molecule has 4 aromatic heterocycles. The smallest absolute Gasteiger partial charge is 0.186 e. The number of hydrogen-bond acceptors (Lipinski definition) is 3. The van der Waals surface area contributed by atoms with Gasteiger partial charge in [0.1, 0.15) is 5.76 Å². The highest BCUT2D eigenvalue weighted by atomic mass is 32.1. The molecule has 0 unspecified atom stereocenters. The fraction of sp³-hybridized carbons (Fsp3) is 0.364. The number of rotatable bonds is 3. The minimum Gasteiger partial charge on any atom is -0.459 e. The van der Waals surface area contributed by atoms with Crippen molar-refractivity contribution in [3.8, 4) is 0 Å². The molecule has 0 spiro atoms. The molecule has 4 rings (SSSR count). The van der Waals surface area contributed by atoms with Crippen molar-refractivity contribution < 1.29 is 8.98 Å². The van der Waals surface area contributed by atoms with E-state index in [0.29, 0.717) is 0 Å². The van der Waals surface area contributed by atoms with E-state index in [1.54, 1.807) is 12.4 Å². The average molecular weight is 366 g/mol. The lowest BCUT2D eigenvalue weighted by Crippen LogP contribution is -2.42. The van der Waals surface area contributed by atoms with E-state index >= 15 is 0 Å². The first-order valence-corrected chi connectivity index (χ1v) is 9.81. The molecule has 0 aliphatic rings. The van der Waals surface area contributed by atoms with Gasteiger partial charge in [-0.05, 0) is 37.5 Å². The van der Waals surface area contributed by atoms with E-state index in [-0.39, 0.29) is 10.8 Å². The maximum Gasteiger partial charge on any atom is 0.186 e. The van der Waals surface area contributed by atoms with Gasteiger partial charge in [-0.25, -0.2) is 4.57 Å². The lowest BCUT2D eigenvalue weighted by Gasteiger charge is -2.18. The summed E-state index contributed by atoms with van der Waals surface area (Å²) in [5.41, 5.74) is 0.932. The monoisotopic (exact) mass is 365 g/mol. The lowest BCUT2D eigenvalue weighted by molar-refractivity contribution is -0.703. The molecule has 4 heterocycles. The van der Waals surface area contributed by atoms with Crippen LogP contribution in [0.1, 0.15) is 45.3 Å². The van der Waals surface area contributed by atoms with Crippen LogP contribution in [0.4, 0.5) is 0 Å². The molecule has 0 N–H and O–H groups in total. The summed E-state index contributed by atoms with van der Waals surface area (Å²) in [7, 11) is 0. The Bertz CT molecular complexity index is 1050. The molecule has 134 valence electrons. The largest absolute Gasteiger partial charge is 0.459 e. The van der Waals surface area contributed by atoms with Crippen molar-refractivity contribution >= 4 is 32.4 Å². The van der Waals surface area contributed by atoms with Gasteiger partial charge in [-0.2, -0.15) is 0 Å². The molecule has 0 amide bonds. The summed E-state index contributed by atoms with van der Waals surface area (Å²) in [6, 6.07) is 8.68. The van der Waals surface area contributed by atoms with Gasteiger partial charge in [-0.15, -0.1) is 11.3 Å². The standard InChI is InChI=1S/C22H25N2OS/c1-21(2,3)20-11-16-7-9-24(13-18(16)26-20)14-22(4,5)19-10-15-6-8-23-12-17(15)25-19/h6-13H,14H2,1-5H3/q+1. The van der Waals surface area contributed by atoms with Gasteiger partial charge in [0.05, 0.1) is 16.3 Å². The average Bonchev–Trinajstić information content (AvgIpc) is 3.18. The zero-order valence-electron chi connectivity index (χ0n) is 16.0. The predicted molar refractivity (Wildman–Crippen MR) is 108 cm³/mol. The van der Waals surface area contributed by atoms with E-state index in [0.717, 1.165) is 23.3 Å². The SMILES string of the molecule is CC(C)(C)c1cc2cc[n+](CC(C)(C)c3cc4ccncc4o3)cc2s1. The summed E-state index contributed by atoms with van der Waals surface area (Å²) in [5, 5.41) is 2.43. The van der Waals surface area contributed by atoms with Crippen LogP contribution in [0.3, 0.4) is 0 Å². The molecular formula is C22H25N2OS+. The number of hydrogen-bond donors (Lipinski definition) is 0. The van der Waals surface area contributed by atoms with Crippen molar-refractivity contribution in [2.75, 3.05) is 0 Å². The molecule has 0 aliphatic carbocycles. The number of pyridine rings is 2. The number of nitrogens with zero attached hydrogens (tertiary/aromatic N) is 2. The molecule has 4 heteroatoms. The Hall–Kier alpha value is -2.20. The zero-order valence-corrected chi connectivity index (χ0v) is 16.9. The van der Waals surface area contributed by atoms with Gasteiger partial charge in [-0.3, -0.25) is 4.98 Å². The van der Waals surface area contributed by atoms with Crippen molar-refractivity contribution in [1.82, 2.24) is 4.98 Å². The summed E-state index contributed by atoms with van der Waals surface area (Å²) >= 11 is 1.89. The molecule has 0 radical (unpaired) electrons. The third kappa shape index (κ3) is 3.14. The van der Waals surface area contributed by atoms with Crippen LogP contribution in [0.2, 0.25) is 0 Å². The third-order valence-electron chi connectivity index (χ3n) is 4.83. The summed E-state index contributed by atoms with van der Waals surface area (Å²) < 4.78 is 9.68. The molecule has 0 aliphatic heterocycles. The highest BCUT2D eigenvalue weighted by Crippen LogP contribution is 2.34. The second-order valence-corrected chi connectivity index (χ2v) is 9.79. The van der Waals surface area contributed by atoms with Gasteiger partial charge in [0.2, 0.25) is 0 Å². The van der Waals surface area contributed by atoms with E-state index in [1.165, 1.54) is 15.0 Å². The van der Waals surface area contributed by atoms with Crippen LogP contribution in [0.25, 0.3) is 21.1 Å². The van der Waals surface area contributed by atoms with Crippen LogP contribution < -0.4 is 4.57 Å². The van der Waals surface area contributed by atoms with E-state index in [4.69, 9.17) is 4.42 Å². The summed E-state index contributed by atoms with van der Waals surface area (Å²) in [6.45, 7) is 12.1. The van der Waals surface area contributed by atoms with Crippen LogP contribution in [-0.4, -0.2) is 4.98 Å². The molecule has 26 heavy (non-hydrogen) atoms. The maximum absolute atomic E-state index is 6.07. The summed E-state index contributed by atoms with van der Waals surface area (Å²) in [5.74, 6) is 0.995. The first kappa shape index (κ1) is 17.2. The maximum atomic E-state index is 6.07. The van der Waals surface area contributed by atoms with Crippen molar-refractivity contribution in [1.29, 1.82) is 0 Å². The van der Waals surface area contributed by atoms with E-state index in [9.17, 15) is 0 Å². The van der Waals surface area contributed by atoms with Gasteiger partial charge >= 0.3 is 0 Å². The third-order valence-corrected chi connectivity index (χ3v) is 6.34. The molecule has 0 bridgehead atoms. The fourth-order valence-corrected chi connectivity index (χ4v) is 4.40. The first-order valence-electron chi connectivity index (χ1n) is 9.00. The molecular weight excluding hydrogens is 340 g/mol. The van der Waals surface area contributed by atoms with Crippen LogP contribution in [0.15, 0.2) is 53.5 Å². The number of furan rings is 1. The Labute approximate surface area is 158 Å². The van der Waals surface area contributed by atoms with Crippen LogP contribution >= 0.6 is 11.3 Å². The van der Waals surface area contributed by atoms with Crippen molar-refractivity contribution in [3.05, 3.63) is 59.7 Å². The summed E-state index contributed by atoms with van der Waals surface area (Å²) in [6.07, 6.45) is 8.03. The number of thiophene rings is 1. The Morgan fingerprint density at radius 2 is 1.88 bits per heavy atom. The van der Waals surface area contributed by atoms with E-state index in [2.05, 4.69) is 74.8 Å². The van der Waals surface area contributed by atoms with E-state index < -0.39 is 0 Å². The van der Waals surface area contributed by atoms with Crippen molar-refractivity contribution in [2.24, 2.45) is 0 Å². The fourth-order valence-electron chi connectivity index (χ4n) is 3.24. The van der Waals surface area contributed by atoms with Gasteiger partial charge in [0.15, 0.2) is 24.5 Å². The molecule has 0 saturated carbocycles. The molecule has 4 aromatic rings. The van der Waals surface area contributed by atoms with Gasteiger partial charge < -0.3 is 4.42 Å². The minimum absolute atomic E-state index is 0.110. The van der Waals surface area contributed by atoms with Crippen LogP contribution in [0, 0.1) is 0 Å². The van der Waals surface area contributed by atoms with Crippen molar-refractivity contribution in [2.45, 2.75) is 52.0 Å². The van der Waals surface area contributed by atoms with Crippen LogP contribution in [-0.2, 0) is 17.4 Å². The molecule has 0 aromatic carbocycles. The topological polar surface area (TPSA) is 29.9 Å². The quantitative estimate of drug-likeness (QED) is 0.442. The normalized spacial score (nSPS) is 13.0. The minimum atomic E-state index is -0.110. The summed E-state index contributed by atoms with van der Waals surface area (Å²) in [4.78, 5) is 5.58. The Kier molecular flexibility index (Phi) is 3.92. The number of fused-ring (bicyclic) bond motifs is 2. The molecule has 3 nitrogen and oxygen atoms in total. The van der Waals surface area contributed by atoms with E-state index in [1.807, 2.05) is 17.4 Å². The van der Waals surface area contributed by atoms with Crippen LogP contribution in [0.5, 0.6) is 0 Å². The Balaban J connectivity index is 1.66. The highest BCUT2D eigenvalue weighted by molar-refractivity contribution is 7.19. The Morgan fingerprint density at radius 3 is 2.62 bits per heavy atom. The van der Waals surface area contributed by atoms with Gasteiger partial charge in [0, 0.05) is 27.9 Å². The molecule has 0 atom stereocenters. The zero-order chi connectivity index (χ0) is 18.5. The first-order chi connectivity index (χ1) is 12.2. The predicted octanol–water partition coefficient (Wildman–Crippen LogP) is 5.61. The lowest BCUT2D eigenvalue weighted by atomic mass is 9.90. The molecule has 0 fully saturated rings. The van der Waals surface area contributed by atoms with Gasteiger partial charge in [-0.1, -0.05) is 20.8 Å². The second-order valence-electron chi connectivity index (χ2n) is 8.71. The van der Waals surface area contributed by atoms with Crippen molar-refractivity contribution in [3.63, 3.8) is 0 Å². The Morgan fingerprint density at radius 1 is 1.08 bits per heavy atom. The molecule has 0 saturated heterocycles. The number of aromatic nitrogens is 2.